The smallest absolute Gasteiger partial charge is 0.259 e. The number of nitrogens with one attached hydrogen (secondary N) is 1. The summed E-state index contributed by atoms with van der Waals surface area (Å²) in [4.78, 5) is 4.85. The highest BCUT2D eigenvalue weighted by Crippen LogP contribution is 2.21. The Hall–Kier alpha value is -1.27. The lowest BCUT2D eigenvalue weighted by Gasteiger charge is -1.92. The van der Waals surface area contributed by atoms with Crippen molar-refractivity contribution >= 4 is 11.3 Å². The molecule has 0 spiro atoms. The van der Waals surface area contributed by atoms with Gasteiger partial charge in [-0.3, -0.25) is 4.98 Å². The second kappa shape index (κ2) is 4.30. The SMILES string of the molecule is CCNCc1nnc(-c2cncs2)o1. The average molecular weight is 210 g/mol. The van der Waals surface area contributed by atoms with E-state index in [0.717, 1.165) is 11.4 Å². The number of rotatable bonds is 4. The molecular weight excluding hydrogens is 200 g/mol. The molecule has 2 aromatic heterocycles. The van der Waals surface area contributed by atoms with Crippen molar-refractivity contribution in [3.05, 3.63) is 17.6 Å². The van der Waals surface area contributed by atoms with Crippen LogP contribution in [0.4, 0.5) is 0 Å². The summed E-state index contributed by atoms with van der Waals surface area (Å²) < 4.78 is 5.42. The van der Waals surface area contributed by atoms with Gasteiger partial charge in [-0.25, -0.2) is 0 Å². The van der Waals surface area contributed by atoms with E-state index in [0.29, 0.717) is 18.3 Å². The highest BCUT2D eigenvalue weighted by Gasteiger charge is 2.08. The van der Waals surface area contributed by atoms with Crippen molar-refractivity contribution in [2.75, 3.05) is 6.54 Å². The third-order valence-corrected chi connectivity index (χ3v) is 2.40. The zero-order chi connectivity index (χ0) is 9.80. The predicted octanol–water partition coefficient (Wildman–Crippen LogP) is 1.30. The van der Waals surface area contributed by atoms with Crippen molar-refractivity contribution in [3.8, 4) is 10.8 Å². The summed E-state index contributed by atoms with van der Waals surface area (Å²) in [5.74, 6) is 1.15. The first kappa shape index (κ1) is 9.29. The van der Waals surface area contributed by atoms with Gasteiger partial charge in [-0.05, 0) is 6.54 Å². The highest BCUT2D eigenvalue weighted by atomic mass is 32.1. The van der Waals surface area contributed by atoms with Gasteiger partial charge < -0.3 is 9.73 Å². The summed E-state index contributed by atoms with van der Waals surface area (Å²) in [5.41, 5.74) is 1.74. The molecule has 0 unspecified atom stereocenters. The van der Waals surface area contributed by atoms with Gasteiger partial charge in [0.25, 0.3) is 5.89 Å². The quantitative estimate of drug-likeness (QED) is 0.824. The Labute approximate surface area is 85.2 Å². The topological polar surface area (TPSA) is 63.8 Å². The lowest BCUT2D eigenvalue weighted by Crippen LogP contribution is -2.11. The third-order valence-electron chi connectivity index (χ3n) is 1.64. The van der Waals surface area contributed by atoms with Gasteiger partial charge in [0.15, 0.2) is 0 Å². The first-order valence-corrected chi connectivity index (χ1v) is 5.20. The van der Waals surface area contributed by atoms with Crippen LogP contribution < -0.4 is 5.32 Å². The van der Waals surface area contributed by atoms with Crippen LogP contribution in [-0.2, 0) is 6.54 Å². The van der Waals surface area contributed by atoms with Gasteiger partial charge in [-0.15, -0.1) is 21.5 Å². The lowest BCUT2D eigenvalue weighted by atomic mass is 10.5. The maximum atomic E-state index is 5.42. The highest BCUT2D eigenvalue weighted by molar-refractivity contribution is 7.13. The molecule has 2 rings (SSSR count). The molecule has 2 heterocycles. The van der Waals surface area contributed by atoms with Crippen LogP contribution in [0.1, 0.15) is 12.8 Å². The van der Waals surface area contributed by atoms with Gasteiger partial charge in [0.2, 0.25) is 5.89 Å². The number of thiazole rings is 1. The molecule has 0 atom stereocenters. The van der Waals surface area contributed by atoms with Crippen molar-refractivity contribution in [2.24, 2.45) is 0 Å². The maximum absolute atomic E-state index is 5.42. The normalized spacial score (nSPS) is 10.6. The van der Waals surface area contributed by atoms with Crippen LogP contribution in [0, 0.1) is 0 Å². The summed E-state index contributed by atoms with van der Waals surface area (Å²) >= 11 is 1.49. The number of nitrogens with zero attached hydrogens (tertiary/aromatic N) is 3. The fraction of sp³-hybridized carbons (Fsp3) is 0.375. The molecule has 0 bridgehead atoms. The minimum absolute atomic E-state index is 0.542. The molecular formula is C8H10N4OS. The van der Waals surface area contributed by atoms with Gasteiger partial charge in [-0.2, -0.15) is 0 Å². The molecule has 0 fully saturated rings. The van der Waals surface area contributed by atoms with Crippen molar-refractivity contribution in [2.45, 2.75) is 13.5 Å². The number of hydrogen-bond donors (Lipinski definition) is 1. The fourth-order valence-corrected chi connectivity index (χ4v) is 1.52. The standard InChI is InChI=1S/C8H10N4OS/c1-2-9-4-7-11-12-8(13-7)6-3-10-5-14-6/h3,5,9H,2,4H2,1H3. The fourth-order valence-electron chi connectivity index (χ4n) is 0.978. The molecule has 0 amide bonds. The summed E-state index contributed by atoms with van der Waals surface area (Å²) in [6, 6.07) is 0. The molecule has 0 aliphatic rings. The van der Waals surface area contributed by atoms with Crippen LogP contribution >= 0.6 is 11.3 Å². The van der Waals surface area contributed by atoms with Crippen molar-refractivity contribution < 1.29 is 4.42 Å². The van der Waals surface area contributed by atoms with Crippen LogP contribution in [-0.4, -0.2) is 21.7 Å². The molecule has 0 radical (unpaired) electrons. The Kier molecular flexibility index (Phi) is 2.85. The largest absolute Gasteiger partial charge is 0.418 e. The van der Waals surface area contributed by atoms with E-state index < -0.39 is 0 Å². The Balaban J connectivity index is 2.10. The number of hydrogen-bond acceptors (Lipinski definition) is 6. The predicted molar refractivity (Wildman–Crippen MR) is 52.8 cm³/mol. The van der Waals surface area contributed by atoms with Crippen LogP contribution in [0.2, 0.25) is 0 Å². The van der Waals surface area contributed by atoms with Gasteiger partial charge in [0, 0.05) is 0 Å². The Bertz CT molecular complexity index is 384. The van der Waals surface area contributed by atoms with Gasteiger partial charge >= 0.3 is 0 Å². The molecule has 5 nitrogen and oxygen atoms in total. The van der Waals surface area contributed by atoms with E-state index in [9.17, 15) is 0 Å². The average Bonchev–Trinajstić information content (AvgIpc) is 2.85. The second-order valence-electron chi connectivity index (χ2n) is 2.65. The van der Waals surface area contributed by atoms with E-state index in [1.54, 1.807) is 11.7 Å². The van der Waals surface area contributed by atoms with Crippen molar-refractivity contribution in [1.82, 2.24) is 20.5 Å². The molecule has 0 aromatic carbocycles. The van der Waals surface area contributed by atoms with E-state index in [1.807, 2.05) is 6.92 Å². The molecule has 0 aliphatic carbocycles. The third kappa shape index (κ3) is 1.97. The zero-order valence-electron chi connectivity index (χ0n) is 7.73. The first-order valence-electron chi connectivity index (χ1n) is 4.32. The molecule has 0 saturated carbocycles. The van der Waals surface area contributed by atoms with E-state index in [1.165, 1.54) is 11.3 Å². The summed E-state index contributed by atoms with van der Waals surface area (Å²) in [5, 5.41) is 10.9. The van der Waals surface area contributed by atoms with Crippen LogP contribution in [0.15, 0.2) is 16.1 Å². The molecule has 0 aliphatic heterocycles. The Morgan fingerprint density at radius 3 is 3.14 bits per heavy atom. The number of aromatic nitrogens is 3. The van der Waals surface area contributed by atoms with Gasteiger partial charge in [-0.1, -0.05) is 6.92 Å². The molecule has 2 aromatic rings. The lowest BCUT2D eigenvalue weighted by molar-refractivity contribution is 0.483. The van der Waals surface area contributed by atoms with Crippen LogP contribution in [0.3, 0.4) is 0 Å². The zero-order valence-corrected chi connectivity index (χ0v) is 8.54. The molecule has 6 heteroatoms. The Morgan fingerprint density at radius 2 is 2.43 bits per heavy atom. The van der Waals surface area contributed by atoms with Gasteiger partial charge in [0.05, 0.1) is 18.3 Å². The van der Waals surface area contributed by atoms with E-state index in [-0.39, 0.29) is 0 Å². The van der Waals surface area contributed by atoms with E-state index in [4.69, 9.17) is 4.42 Å². The van der Waals surface area contributed by atoms with Crippen LogP contribution in [0.5, 0.6) is 0 Å². The summed E-state index contributed by atoms with van der Waals surface area (Å²) in [7, 11) is 0. The maximum Gasteiger partial charge on any atom is 0.259 e. The second-order valence-corrected chi connectivity index (χ2v) is 3.53. The van der Waals surface area contributed by atoms with Crippen molar-refractivity contribution in [3.63, 3.8) is 0 Å². The molecule has 14 heavy (non-hydrogen) atoms. The first-order chi connectivity index (χ1) is 6.90. The summed E-state index contributed by atoms with van der Waals surface area (Å²) in [6.45, 7) is 3.53. The van der Waals surface area contributed by atoms with E-state index in [2.05, 4.69) is 20.5 Å². The molecule has 1 N–H and O–H groups in total. The minimum Gasteiger partial charge on any atom is -0.418 e. The van der Waals surface area contributed by atoms with Crippen LogP contribution in [0.25, 0.3) is 10.8 Å². The Morgan fingerprint density at radius 1 is 1.50 bits per heavy atom. The molecule has 0 saturated heterocycles. The summed E-state index contributed by atoms with van der Waals surface area (Å²) in [6.07, 6.45) is 1.72. The minimum atomic E-state index is 0.542. The monoisotopic (exact) mass is 210 g/mol. The molecule has 74 valence electrons. The van der Waals surface area contributed by atoms with Gasteiger partial charge in [0.1, 0.15) is 4.88 Å². The van der Waals surface area contributed by atoms with Crippen molar-refractivity contribution in [1.29, 1.82) is 0 Å². The van der Waals surface area contributed by atoms with E-state index >= 15 is 0 Å².